The zero-order valence-corrected chi connectivity index (χ0v) is 12.7. The van der Waals surface area contributed by atoms with Crippen molar-refractivity contribution >= 4 is 11.6 Å². The Morgan fingerprint density at radius 1 is 1.14 bits per heavy atom. The molecule has 5 heteroatoms. The number of aryl methyl sites for hydroxylation is 4. The minimum absolute atomic E-state index is 0.0900. The summed E-state index contributed by atoms with van der Waals surface area (Å²) in [7, 11) is 0. The molecule has 1 heterocycles. The largest absolute Gasteiger partial charge is 0.324 e. The molecule has 0 aliphatic heterocycles. The summed E-state index contributed by atoms with van der Waals surface area (Å²) < 4.78 is 1.17. The number of nitrogens with zero attached hydrogens (tertiary/aromatic N) is 2. The van der Waals surface area contributed by atoms with Crippen molar-refractivity contribution in [2.24, 2.45) is 0 Å². The first-order valence-electron chi connectivity index (χ1n) is 6.79. The third-order valence-electron chi connectivity index (χ3n) is 3.23. The molecule has 0 fully saturated rings. The fourth-order valence-corrected chi connectivity index (χ4v) is 2.36. The van der Waals surface area contributed by atoms with Gasteiger partial charge in [-0.15, -0.1) is 0 Å². The highest BCUT2D eigenvalue weighted by Gasteiger charge is 2.10. The number of carbonyl (C=O) groups excluding carboxylic acids is 1. The van der Waals surface area contributed by atoms with E-state index < -0.39 is 0 Å². The van der Waals surface area contributed by atoms with Gasteiger partial charge in [0.05, 0.1) is 5.69 Å². The first kappa shape index (κ1) is 15.0. The van der Waals surface area contributed by atoms with Gasteiger partial charge in [-0.1, -0.05) is 17.7 Å². The molecule has 0 spiro atoms. The van der Waals surface area contributed by atoms with E-state index in [0.29, 0.717) is 5.69 Å². The van der Waals surface area contributed by atoms with E-state index in [1.165, 1.54) is 10.7 Å². The molecule has 1 N–H and O–H groups in total. The molecule has 0 atom stereocenters. The second-order valence-electron chi connectivity index (χ2n) is 5.29. The Kier molecular flexibility index (Phi) is 4.21. The zero-order chi connectivity index (χ0) is 15.6. The molecule has 5 nitrogen and oxygen atoms in total. The summed E-state index contributed by atoms with van der Waals surface area (Å²) in [5.41, 5.74) is 4.37. The number of carbonyl (C=O) groups is 1. The summed E-state index contributed by atoms with van der Waals surface area (Å²) >= 11 is 0. The lowest BCUT2D eigenvalue weighted by Crippen LogP contribution is -2.29. The fourth-order valence-electron chi connectivity index (χ4n) is 2.36. The summed E-state index contributed by atoms with van der Waals surface area (Å²) in [6.45, 7) is 7.61. The third kappa shape index (κ3) is 3.56. The smallest absolute Gasteiger partial charge is 0.267 e. The molecular formula is C16H19N3O2. The Balaban J connectivity index is 2.19. The van der Waals surface area contributed by atoms with Crippen LogP contribution in [0.4, 0.5) is 5.69 Å². The molecule has 21 heavy (non-hydrogen) atoms. The van der Waals surface area contributed by atoms with Crippen LogP contribution in [0.3, 0.4) is 0 Å². The van der Waals surface area contributed by atoms with Crippen LogP contribution in [0.15, 0.2) is 29.1 Å². The molecule has 0 bridgehead atoms. The van der Waals surface area contributed by atoms with Crippen molar-refractivity contribution in [3.8, 4) is 0 Å². The molecule has 1 aromatic heterocycles. The Morgan fingerprint density at radius 2 is 1.76 bits per heavy atom. The average molecular weight is 285 g/mol. The normalized spacial score (nSPS) is 10.5. The number of nitrogens with one attached hydrogen (secondary N) is 1. The maximum Gasteiger partial charge on any atom is 0.267 e. The standard InChI is InChI=1S/C16H19N3O2/c1-10-7-11(2)16(12(3)8-10)17-14(20)9-19-15(21)6-5-13(4)18-19/h5-8H,9H2,1-4H3,(H,17,20). The van der Waals surface area contributed by atoms with Crippen LogP contribution in [0.25, 0.3) is 0 Å². The van der Waals surface area contributed by atoms with E-state index in [1.54, 1.807) is 13.0 Å². The zero-order valence-electron chi connectivity index (χ0n) is 12.7. The Morgan fingerprint density at radius 3 is 2.38 bits per heavy atom. The molecule has 1 aromatic carbocycles. The van der Waals surface area contributed by atoms with E-state index in [2.05, 4.69) is 10.4 Å². The first-order chi connectivity index (χ1) is 9.86. The van der Waals surface area contributed by atoms with Crippen LogP contribution < -0.4 is 10.9 Å². The van der Waals surface area contributed by atoms with Crippen molar-refractivity contribution in [2.45, 2.75) is 34.2 Å². The van der Waals surface area contributed by atoms with Gasteiger partial charge in [0.15, 0.2) is 0 Å². The van der Waals surface area contributed by atoms with E-state index in [9.17, 15) is 9.59 Å². The predicted octanol–water partition coefficient (Wildman–Crippen LogP) is 2.12. The van der Waals surface area contributed by atoms with Crippen molar-refractivity contribution in [2.75, 3.05) is 5.32 Å². The third-order valence-corrected chi connectivity index (χ3v) is 3.23. The summed E-state index contributed by atoms with van der Waals surface area (Å²) in [4.78, 5) is 23.8. The predicted molar refractivity (Wildman–Crippen MR) is 82.5 cm³/mol. The van der Waals surface area contributed by atoms with Gasteiger partial charge in [0.2, 0.25) is 5.91 Å². The molecule has 0 radical (unpaired) electrons. The van der Waals surface area contributed by atoms with Crippen LogP contribution in [-0.2, 0) is 11.3 Å². The van der Waals surface area contributed by atoms with E-state index in [4.69, 9.17) is 0 Å². The highest BCUT2D eigenvalue weighted by Crippen LogP contribution is 2.21. The van der Waals surface area contributed by atoms with Crippen molar-refractivity contribution < 1.29 is 4.79 Å². The molecule has 2 rings (SSSR count). The lowest BCUT2D eigenvalue weighted by atomic mass is 10.1. The average Bonchev–Trinajstić information content (AvgIpc) is 2.38. The number of amides is 1. The van der Waals surface area contributed by atoms with Gasteiger partial charge in [0, 0.05) is 11.8 Å². The van der Waals surface area contributed by atoms with Crippen molar-refractivity contribution in [1.29, 1.82) is 0 Å². The Bertz CT molecular complexity index is 724. The van der Waals surface area contributed by atoms with E-state index in [-0.39, 0.29) is 18.0 Å². The molecule has 0 saturated heterocycles. The van der Waals surface area contributed by atoms with Crippen molar-refractivity contribution in [3.05, 3.63) is 57.0 Å². The van der Waals surface area contributed by atoms with Gasteiger partial charge in [-0.3, -0.25) is 9.59 Å². The molecule has 110 valence electrons. The molecule has 0 unspecified atom stereocenters. The number of rotatable bonds is 3. The maximum absolute atomic E-state index is 12.1. The lowest BCUT2D eigenvalue weighted by molar-refractivity contribution is -0.117. The van der Waals surface area contributed by atoms with Gasteiger partial charge in [0.1, 0.15) is 6.54 Å². The highest BCUT2D eigenvalue weighted by molar-refractivity contribution is 5.92. The summed E-state index contributed by atoms with van der Waals surface area (Å²) in [6, 6.07) is 7.07. The Hall–Kier alpha value is -2.43. The molecule has 1 amide bonds. The monoisotopic (exact) mass is 285 g/mol. The minimum atomic E-state index is -0.284. The molecule has 0 saturated carbocycles. The second-order valence-corrected chi connectivity index (χ2v) is 5.29. The SMILES string of the molecule is Cc1cc(C)c(NC(=O)Cn2nc(C)ccc2=O)c(C)c1. The second kappa shape index (κ2) is 5.91. The first-order valence-corrected chi connectivity index (χ1v) is 6.79. The van der Waals surface area contributed by atoms with Gasteiger partial charge in [-0.05, 0) is 44.9 Å². The number of aromatic nitrogens is 2. The number of hydrogen-bond acceptors (Lipinski definition) is 3. The molecule has 0 aliphatic rings. The van der Waals surface area contributed by atoms with Crippen LogP contribution >= 0.6 is 0 Å². The van der Waals surface area contributed by atoms with Crippen molar-refractivity contribution in [3.63, 3.8) is 0 Å². The number of hydrogen-bond donors (Lipinski definition) is 1. The van der Waals surface area contributed by atoms with Gasteiger partial charge in [0.25, 0.3) is 5.56 Å². The quantitative estimate of drug-likeness (QED) is 0.939. The maximum atomic E-state index is 12.1. The van der Waals surface area contributed by atoms with Gasteiger partial charge >= 0.3 is 0 Å². The topological polar surface area (TPSA) is 64.0 Å². The molecular weight excluding hydrogens is 266 g/mol. The van der Waals surface area contributed by atoms with Crippen LogP contribution in [0.2, 0.25) is 0 Å². The van der Waals surface area contributed by atoms with Crippen LogP contribution in [-0.4, -0.2) is 15.7 Å². The van der Waals surface area contributed by atoms with E-state index in [1.807, 2.05) is 32.9 Å². The van der Waals surface area contributed by atoms with Crippen LogP contribution in [0, 0.1) is 27.7 Å². The van der Waals surface area contributed by atoms with Crippen molar-refractivity contribution in [1.82, 2.24) is 9.78 Å². The summed E-state index contributed by atoms with van der Waals surface area (Å²) in [5.74, 6) is -0.259. The van der Waals surface area contributed by atoms with Gasteiger partial charge < -0.3 is 5.32 Å². The highest BCUT2D eigenvalue weighted by atomic mass is 16.2. The summed E-state index contributed by atoms with van der Waals surface area (Å²) in [5, 5.41) is 6.92. The summed E-state index contributed by atoms with van der Waals surface area (Å²) in [6.07, 6.45) is 0. The lowest BCUT2D eigenvalue weighted by Gasteiger charge is -2.13. The van der Waals surface area contributed by atoms with Gasteiger partial charge in [-0.2, -0.15) is 5.10 Å². The van der Waals surface area contributed by atoms with Gasteiger partial charge in [-0.25, -0.2) is 4.68 Å². The molecule has 2 aromatic rings. The van der Waals surface area contributed by atoms with Crippen LogP contribution in [0.1, 0.15) is 22.4 Å². The Labute approximate surface area is 123 Å². The van der Waals surface area contributed by atoms with E-state index >= 15 is 0 Å². The molecule has 0 aliphatic carbocycles. The van der Waals surface area contributed by atoms with Crippen LogP contribution in [0.5, 0.6) is 0 Å². The fraction of sp³-hybridized carbons (Fsp3) is 0.312. The minimum Gasteiger partial charge on any atom is -0.324 e. The number of benzene rings is 1. The van der Waals surface area contributed by atoms with E-state index in [0.717, 1.165) is 22.4 Å². The number of anilines is 1.